The molecule has 0 amide bonds. The highest BCUT2D eigenvalue weighted by molar-refractivity contribution is 5.97. The van der Waals surface area contributed by atoms with Gasteiger partial charge in [0.15, 0.2) is 11.9 Å². The molecule has 100 valence electrons. The first-order valence-corrected chi connectivity index (χ1v) is 6.94. The van der Waals surface area contributed by atoms with Crippen molar-refractivity contribution >= 4 is 16.3 Å². The van der Waals surface area contributed by atoms with Crippen LogP contribution in [0, 0.1) is 0 Å². The molecular formula is C19H14NO+. The van der Waals surface area contributed by atoms with Crippen LogP contribution in [0.1, 0.15) is 0 Å². The van der Waals surface area contributed by atoms with E-state index in [1.54, 1.807) is 6.20 Å². The van der Waals surface area contributed by atoms with E-state index >= 15 is 0 Å². The van der Waals surface area contributed by atoms with Gasteiger partial charge in [-0.25, -0.2) is 0 Å². The van der Waals surface area contributed by atoms with Gasteiger partial charge in [0.2, 0.25) is 11.7 Å². The predicted octanol–water partition coefficient (Wildman–Crippen LogP) is 3.95. The quantitative estimate of drug-likeness (QED) is 0.412. The molecule has 0 spiro atoms. The third kappa shape index (κ3) is 1.93. The first-order valence-electron chi connectivity index (χ1n) is 6.94. The van der Waals surface area contributed by atoms with Gasteiger partial charge in [0, 0.05) is 17.5 Å². The zero-order valence-corrected chi connectivity index (χ0v) is 11.4. The number of nitrogens with zero attached hydrogens (tertiary/aromatic N) is 1. The van der Waals surface area contributed by atoms with Gasteiger partial charge < -0.3 is 5.11 Å². The molecule has 2 heterocycles. The maximum Gasteiger partial charge on any atom is 0.219 e. The summed E-state index contributed by atoms with van der Waals surface area (Å²) < 4.78 is 1.96. The van der Waals surface area contributed by atoms with Crippen molar-refractivity contribution < 1.29 is 9.51 Å². The lowest BCUT2D eigenvalue weighted by atomic mass is 10.0. The minimum atomic E-state index is 0.301. The SMILES string of the molecule is Oc1c[n+]2ccc(-c3ccccc3)cc2c2ccccc12. The van der Waals surface area contributed by atoms with Crippen molar-refractivity contribution in [2.75, 3.05) is 0 Å². The van der Waals surface area contributed by atoms with Crippen LogP contribution < -0.4 is 4.40 Å². The van der Waals surface area contributed by atoms with Crippen LogP contribution in [-0.4, -0.2) is 5.11 Å². The van der Waals surface area contributed by atoms with Crippen LogP contribution in [-0.2, 0) is 0 Å². The fourth-order valence-corrected chi connectivity index (χ4v) is 2.78. The van der Waals surface area contributed by atoms with E-state index in [-0.39, 0.29) is 0 Å². The first kappa shape index (κ1) is 11.9. The van der Waals surface area contributed by atoms with Gasteiger partial charge >= 0.3 is 0 Å². The van der Waals surface area contributed by atoms with Gasteiger partial charge in [0.05, 0.1) is 5.39 Å². The first-order chi connectivity index (χ1) is 10.3. The van der Waals surface area contributed by atoms with E-state index in [9.17, 15) is 5.11 Å². The van der Waals surface area contributed by atoms with Crippen LogP contribution in [0.25, 0.3) is 27.4 Å². The normalized spacial score (nSPS) is 11.0. The summed E-state index contributed by atoms with van der Waals surface area (Å²) in [5.74, 6) is 0.301. The third-order valence-electron chi connectivity index (χ3n) is 3.83. The van der Waals surface area contributed by atoms with Gasteiger partial charge in [-0.2, -0.15) is 4.40 Å². The number of rotatable bonds is 1. The zero-order chi connectivity index (χ0) is 14.2. The number of fused-ring (bicyclic) bond motifs is 3. The summed E-state index contributed by atoms with van der Waals surface area (Å²) in [6, 6.07) is 22.5. The Morgan fingerprint density at radius 2 is 1.43 bits per heavy atom. The second-order valence-corrected chi connectivity index (χ2v) is 5.13. The number of hydrogen-bond acceptors (Lipinski definition) is 1. The summed E-state index contributed by atoms with van der Waals surface area (Å²) in [4.78, 5) is 0. The summed E-state index contributed by atoms with van der Waals surface area (Å²) in [6.07, 6.45) is 3.75. The van der Waals surface area contributed by atoms with Crippen molar-refractivity contribution in [1.29, 1.82) is 0 Å². The molecule has 21 heavy (non-hydrogen) atoms. The van der Waals surface area contributed by atoms with Gasteiger partial charge in [-0.05, 0) is 17.2 Å². The van der Waals surface area contributed by atoms with E-state index in [0.29, 0.717) is 5.75 Å². The highest BCUT2D eigenvalue weighted by Crippen LogP contribution is 2.27. The molecule has 2 aromatic carbocycles. The number of pyridine rings is 2. The van der Waals surface area contributed by atoms with Gasteiger partial charge in [-0.15, -0.1) is 0 Å². The number of hydrogen-bond donors (Lipinski definition) is 1. The number of aromatic nitrogens is 1. The highest BCUT2D eigenvalue weighted by Gasteiger charge is 2.13. The summed E-state index contributed by atoms with van der Waals surface area (Å²) in [6.45, 7) is 0. The molecule has 0 fully saturated rings. The Bertz CT molecular complexity index is 945. The summed E-state index contributed by atoms with van der Waals surface area (Å²) in [5.41, 5.74) is 3.45. The number of aromatic hydroxyl groups is 1. The van der Waals surface area contributed by atoms with E-state index in [0.717, 1.165) is 16.3 Å². The standard InChI is InChI=1S/C19H13NO/c21-19-13-20-11-10-15(14-6-2-1-3-7-14)12-18(20)16-8-4-5-9-17(16)19/h1-13H/p+1. The van der Waals surface area contributed by atoms with Crippen molar-refractivity contribution in [2.45, 2.75) is 0 Å². The molecule has 0 unspecified atom stereocenters. The largest absolute Gasteiger partial charge is 0.502 e. The van der Waals surface area contributed by atoms with Crippen LogP contribution in [0.2, 0.25) is 0 Å². The monoisotopic (exact) mass is 272 g/mol. The minimum Gasteiger partial charge on any atom is -0.502 e. The van der Waals surface area contributed by atoms with Gasteiger partial charge in [0.1, 0.15) is 0 Å². The summed E-state index contributed by atoms with van der Waals surface area (Å²) >= 11 is 0. The van der Waals surface area contributed by atoms with E-state index < -0.39 is 0 Å². The Balaban J connectivity index is 2.07. The molecule has 0 atom stereocenters. The molecule has 0 saturated heterocycles. The fourth-order valence-electron chi connectivity index (χ4n) is 2.78. The van der Waals surface area contributed by atoms with Crippen LogP contribution >= 0.6 is 0 Å². The lowest BCUT2D eigenvalue weighted by Gasteiger charge is -2.04. The molecule has 2 nitrogen and oxygen atoms in total. The molecule has 0 aliphatic carbocycles. The fraction of sp³-hybridized carbons (Fsp3) is 0. The molecule has 0 aliphatic heterocycles. The molecule has 2 aromatic heterocycles. The van der Waals surface area contributed by atoms with Crippen LogP contribution in [0.4, 0.5) is 0 Å². The number of benzene rings is 2. The van der Waals surface area contributed by atoms with Gasteiger partial charge in [-0.1, -0.05) is 48.5 Å². The average molecular weight is 272 g/mol. The molecule has 4 aromatic rings. The topological polar surface area (TPSA) is 24.3 Å². The van der Waals surface area contributed by atoms with Crippen LogP contribution in [0.5, 0.6) is 5.75 Å². The van der Waals surface area contributed by atoms with E-state index in [4.69, 9.17) is 0 Å². The molecule has 0 saturated carbocycles. The predicted molar refractivity (Wildman–Crippen MR) is 84.2 cm³/mol. The summed E-state index contributed by atoms with van der Waals surface area (Å²) in [5, 5.41) is 12.1. The summed E-state index contributed by atoms with van der Waals surface area (Å²) in [7, 11) is 0. The Morgan fingerprint density at radius 3 is 2.24 bits per heavy atom. The Morgan fingerprint density at radius 1 is 0.714 bits per heavy atom. The van der Waals surface area contributed by atoms with E-state index in [1.165, 1.54) is 11.1 Å². The maximum absolute atomic E-state index is 10.1. The van der Waals surface area contributed by atoms with Crippen LogP contribution in [0.15, 0.2) is 79.1 Å². The van der Waals surface area contributed by atoms with Crippen molar-refractivity contribution in [3.05, 3.63) is 79.1 Å². The molecule has 2 heteroatoms. The van der Waals surface area contributed by atoms with Crippen molar-refractivity contribution in [2.24, 2.45) is 0 Å². The van der Waals surface area contributed by atoms with Crippen molar-refractivity contribution in [1.82, 2.24) is 0 Å². The smallest absolute Gasteiger partial charge is 0.219 e. The molecule has 0 radical (unpaired) electrons. The van der Waals surface area contributed by atoms with Crippen molar-refractivity contribution in [3.8, 4) is 16.9 Å². The lowest BCUT2D eigenvalue weighted by molar-refractivity contribution is -0.511. The second-order valence-electron chi connectivity index (χ2n) is 5.13. The minimum absolute atomic E-state index is 0.301. The second kappa shape index (κ2) is 4.60. The van der Waals surface area contributed by atoms with E-state index in [1.807, 2.05) is 53.1 Å². The molecule has 0 aliphatic rings. The van der Waals surface area contributed by atoms with Gasteiger partial charge in [-0.3, -0.25) is 0 Å². The highest BCUT2D eigenvalue weighted by atomic mass is 16.3. The lowest BCUT2D eigenvalue weighted by Crippen LogP contribution is -2.20. The Hall–Kier alpha value is -2.87. The molecule has 4 rings (SSSR count). The zero-order valence-electron chi connectivity index (χ0n) is 11.4. The molecular weight excluding hydrogens is 258 g/mol. The van der Waals surface area contributed by atoms with Gasteiger partial charge in [0.25, 0.3) is 0 Å². The van der Waals surface area contributed by atoms with Crippen molar-refractivity contribution in [3.63, 3.8) is 0 Å². The third-order valence-corrected chi connectivity index (χ3v) is 3.83. The average Bonchev–Trinajstić information content (AvgIpc) is 2.56. The molecule has 0 bridgehead atoms. The Labute approximate surface area is 122 Å². The Kier molecular flexibility index (Phi) is 2.61. The molecule has 1 N–H and O–H groups in total. The van der Waals surface area contributed by atoms with Crippen LogP contribution in [0.3, 0.4) is 0 Å². The maximum atomic E-state index is 10.1. The van der Waals surface area contributed by atoms with E-state index in [2.05, 4.69) is 24.3 Å².